The highest BCUT2D eigenvalue weighted by Gasteiger charge is 2.22. The van der Waals surface area contributed by atoms with Gasteiger partial charge in [0.05, 0.1) is 0 Å². The lowest BCUT2D eigenvalue weighted by Gasteiger charge is -2.21. The Balaban J connectivity index is 2.26. The molecule has 4 heteroatoms. The third-order valence-electron chi connectivity index (χ3n) is 2.91. The van der Waals surface area contributed by atoms with E-state index in [0.29, 0.717) is 11.5 Å². The molecule has 0 fully saturated rings. The van der Waals surface area contributed by atoms with Crippen LogP contribution in [-0.2, 0) is 0 Å². The molecule has 0 aliphatic carbocycles. The van der Waals surface area contributed by atoms with Gasteiger partial charge in [-0.15, -0.1) is 0 Å². The maximum absolute atomic E-state index is 13.1. The van der Waals surface area contributed by atoms with Gasteiger partial charge in [0.15, 0.2) is 6.10 Å². The number of nitrogens with two attached hydrogens (primary N) is 1. The lowest BCUT2D eigenvalue weighted by molar-refractivity contribution is 0.150. The molecule has 19 heavy (non-hydrogen) atoms. The third kappa shape index (κ3) is 3.15. The highest BCUT2D eigenvalue weighted by molar-refractivity contribution is 5.33. The van der Waals surface area contributed by atoms with Crippen LogP contribution in [0, 0.1) is 19.7 Å². The van der Waals surface area contributed by atoms with E-state index in [-0.39, 0.29) is 11.9 Å². The Morgan fingerprint density at radius 3 is 2.47 bits per heavy atom. The Morgan fingerprint density at radius 2 is 1.95 bits per heavy atom. The number of furan rings is 1. The quantitative estimate of drug-likeness (QED) is 0.918. The predicted molar refractivity (Wildman–Crippen MR) is 71.6 cm³/mol. The van der Waals surface area contributed by atoms with Gasteiger partial charge in [0.1, 0.15) is 23.1 Å². The molecule has 1 heterocycles. The molecule has 1 aromatic heterocycles. The van der Waals surface area contributed by atoms with Crippen LogP contribution in [0.5, 0.6) is 5.75 Å². The predicted octanol–water partition coefficient (Wildman–Crippen LogP) is 3.50. The van der Waals surface area contributed by atoms with Gasteiger partial charge in [-0.2, -0.15) is 0 Å². The maximum atomic E-state index is 13.1. The number of aryl methyl sites for hydroxylation is 2. The molecule has 2 rings (SSSR count). The average molecular weight is 263 g/mol. The van der Waals surface area contributed by atoms with Crippen molar-refractivity contribution in [3.05, 3.63) is 53.2 Å². The van der Waals surface area contributed by atoms with Crippen molar-refractivity contribution in [2.24, 2.45) is 5.73 Å². The van der Waals surface area contributed by atoms with E-state index in [1.807, 2.05) is 26.0 Å². The molecule has 2 atom stereocenters. The van der Waals surface area contributed by atoms with Crippen LogP contribution in [-0.4, -0.2) is 6.04 Å². The van der Waals surface area contributed by atoms with Gasteiger partial charge in [-0.25, -0.2) is 4.39 Å². The second-order valence-electron chi connectivity index (χ2n) is 4.76. The molecule has 0 radical (unpaired) electrons. The fourth-order valence-corrected chi connectivity index (χ4v) is 1.91. The van der Waals surface area contributed by atoms with Gasteiger partial charge < -0.3 is 14.9 Å². The summed E-state index contributed by atoms with van der Waals surface area (Å²) in [5.41, 5.74) is 6.68. The first-order chi connectivity index (χ1) is 8.97. The monoisotopic (exact) mass is 263 g/mol. The summed E-state index contributed by atoms with van der Waals surface area (Å²) in [6.45, 7) is 5.51. The topological polar surface area (TPSA) is 48.4 Å². The van der Waals surface area contributed by atoms with E-state index in [2.05, 4.69) is 0 Å². The summed E-state index contributed by atoms with van der Waals surface area (Å²) >= 11 is 0. The van der Waals surface area contributed by atoms with Crippen molar-refractivity contribution in [3.63, 3.8) is 0 Å². The zero-order valence-electron chi connectivity index (χ0n) is 11.3. The van der Waals surface area contributed by atoms with Gasteiger partial charge in [0.2, 0.25) is 0 Å². The van der Waals surface area contributed by atoms with Crippen molar-refractivity contribution in [1.82, 2.24) is 0 Å². The second kappa shape index (κ2) is 5.45. The highest BCUT2D eigenvalue weighted by atomic mass is 19.1. The zero-order valence-corrected chi connectivity index (χ0v) is 11.3. The van der Waals surface area contributed by atoms with E-state index < -0.39 is 6.10 Å². The van der Waals surface area contributed by atoms with Gasteiger partial charge >= 0.3 is 0 Å². The molecule has 0 aliphatic rings. The SMILES string of the molecule is Cc1ccc(C(Oc2ccc(F)cc2C)C(C)N)o1. The minimum absolute atomic E-state index is 0.241. The van der Waals surface area contributed by atoms with Crippen LogP contribution in [0.25, 0.3) is 0 Å². The minimum Gasteiger partial charge on any atom is -0.481 e. The molecule has 2 unspecified atom stereocenters. The van der Waals surface area contributed by atoms with Crippen LogP contribution in [0.15, 0.2) is 34.7 Å². The van der Waals surface area contributed by atoms with Crippen LogP contribution in [0.2, 0.25) is 0 Å². The van der Waals surface area contributed by atoms with Crippen molar-refractivity contribution in [2.45, 2.75) is 32.9 Å². The number of rotatable bonds is 4. The van der Waals surface area contributed by atoms with E-state index in [1.54, 1.807) is 13.0 Å². The molecule has 0 spiro atoms. The van der Waals surface area contributed by atoms with Crippen molar-refractivity contribution in [2.75, 3.05) is 0 Å². The third-order valence-corrected chi connectivity index (χ3v) is 2.91. The van der Waals surface area contributed by atoms with Gasteiger partial charge in [-0.1, -0.05) is 0 Å². The van der Waals surface area contributed by atoms with Crippen molar-refractivity contribution < 1.29 is 13.5 Å². The molecule has 2 N–H and O–H groups in total. The lowest BCUT2D eigenvalue weighted by Crippen LogP contribution is -2.28. The Labute approximate surface area is 112 Å². The number of hydrogen-bond acceptors (Lipinski definition) is 3. The molecule has 2 aromatic rings. The van der Waals surface area contributed by atoms with Crippen molar-refractivity contribution in [3.8, 4) is 5.75 Å². The molecular formula is C15H18FNO2. The summed E-state index contributed by atoms with van der Waals surface area (Å²) in [4.78, 5) is 0. The summed E-state index contributed by atoms with van der Waals surface area (Å²) in [6, 6.07) is 7.88. The van der Waals surface area contributed by atoms with Crippen LogP contribution < -0.4 is 10.5 Å². The number of benzene rings is 1. The molecule has 0 bridgehead atoms. The molecule has 3 nitrogen and oxygen atoms in total. The largest absolute Gasteiger partial charge is 0.481 e. The minimum atomic E-state index is -0.391. The highest BCUT2D eigenvalue weighted by Crippen LogP contribution is 2.28. The van der Waals surface area contributed by atoms with E-state index >= 15 is 0 Å². The Morgan fingerprint density at radius 1 is 1.21 bits per heavy atom. The fraction of sp³-hybridized carbons (Fsp3) is 0.333. The molecule has 102 valence electrons. The van der Waals surface area contributed by atoms with Crippen LogP contribution in [0.1, 0.15) is 30.1 Å². The number of halogens is 1. The first-order valence-corrected chi connectivity index (χ1v) is 6.22. The number of ether oxygens (including phenoxy) is 1. The van der Waals surface area contributed by atoms with Crippen LogP contribution >= 0.6 is 0 Å². The van der Waals surface area contributed by atoms with Crippen molar-refractivity contribution >= 4 is 0 Å². The number of hydrogen-bond donors (Lipinski definition) is 1. The molecule has 0 saturated heterocycles. The van der Waals surface area contributed by atoms with Crippen LogP contribution in [0.3, 0.4) is 0 Å². The zero-order chi connectivity index (χ0) is 14.0. The normalized spacial score (nSPS) is 14.2. The standard InChI is InChI=1S/C15H18FNO2/c1-9-8-12(16)5-7-13(9)19-15(11(3)17)14-6-4-10(2)18-14/h4-8,11,15H,17H2,1-3H3. The smallest absolute Gasteiger partial charge is 0.171 e. The second-order valence-corrected chi connectivity index (χ2v) is 4.76. The van der Waals surface area contributed by atoms with E-state index in [4.69, 9.17) is 14.9 Å². The first-order valence-electron chi connectivity index (χ1n) is 6.22. The Bertz CT molecular complexity index is 563. The lowest BCUT2D eigenvalue weighted by atomic mass is 10.1. The van der Waals surface area contributed by atoms with Crippen molar-refractivity contribution in [1.29, 1.82) is 0 Å². The average Bonchev–Trinajstić information content (AvgIpc) is 2.74. The Hall–Kier alpha value is -1.81. The van der Waals surface area contributed by atoms with E-state index in [1.165, 1.54) is 12.1 Å². The van der Waals surface area contributed by atoms with E-state index in [9.17, 15) is 4.39 Å². The summed E-state index contributed by atoms with van der Waals surface area (Å²) in [5, 5.41) is 0. The van der Waals surface area contributed by atoms with Gasteiger partial charge in [-0.05, 0) is 56.7 Å². The van der Waals surface area contributed by atoms with Gasteiger partial charge in [0, 0.05) is 6.04 Å². The summed E-state index contributed by atoms with van der Waals surface area (Å²) in [6.07, 6.45) is -0.391. The fourth-order valence-electron chi connectivity index (χ4n) is 1.91. The Kier molecular flexibility index (Phi) is 3.90. The maximum Gasteiger partial charge on any atom is 0.171 e. The summed E-state index contributed by atoms with van der Waals surface area (Å²) < 4.78 is 24.5. The summed E-state index contributed by atoms with van der Waals surface area (Å²) in [7, 11) is 0. The van der Waals surface area contributed by atoms with E-state index in [0.717, 1.165) is 11.3 Å². The molecule has 0 aliphatic heterocycles. The molecule has 0 saturated carbocycles. The van der Waals surface area contributed by atoms with Crippen LogP contribution in [0.4, 0.5) is 4.39 Å². The van der Waals surface area contributed by atoms with Gasteiger partial charge in [0.25, 0.3) is 0 Å². The molecule has 1 aromatic carbocycles. The molecular weight excluding hydrogens is 245 g/mol. The molecule has 0 amide bonds. The first kappa shape index (κ1) is 13.6. The summed E-state index contributed by atoms with van der Waals surface area (Å²) in [5.74, 6) is 1.81. The van der Waals surface area contributed by atoms with Gasteiger partial charge in [-0.3, -0.25) is 0 Å².